The SMILES string of the molecule is COc1cccc(C(=O)N2CCC[C@@H](c3ccccc3)C2)c1. The van der Waals surface area contributed by atoms with Gasteiger partial charge < -0.3 is 9.64 Å². The smallest absolute Gasteiger partial charge is 0.254 e. The van der Waals surface area contributed by atoms with E-state index in [1.54, 1.807) is 7.11 Å². The molecule has 114 valence electrons. The number of benzene rings is 2. The van der Waals surface area contributed by atoms with Crippen LogP contribution in [-0.4, -0.2) is 31.0 Å². The summed E-state index contributed by atoms with van der Waals surface area (Å²) in [5.41, 5.74) is 2.03. The number of amides is 1. The number of hydrogen-bond donors (Lipinski definition) is 0. The van der Waals surface area contributed by atoms with Gasteiger partial charge in [0.25, 0.3) is 5.91 Å². The maximum Gasteiger partial charge on any atom is 0.254 e. The van der Waals surface area contributed by atoms with Gasteiger partial charge in [-0.3, -0.25) is 4.79 Å². The Kier molecular flexibility index (Phi) is 4.42. The average molecular weight is 295 g/mol. The zero-order chi connectivity index (χ0) is 15.4. The first kappa shape index (κ1) is 14.6. The Hall–Kier alpha value is -2.29. The third-order valence-corrected chi connectivity index (χ3v) is 4.30. The van der Waals surface area contributed by atoms with Crippen LogP contribution in [0, 0.1) is 0 Å². The number of carbonyl (C=O) groups is 1. The molecule has 3 rings (SSSR count). The van der Waals surface area contributed by atoms with Crippen molar-refractivity contribution in [2.75, 3.05) is 20.2 Å². The number of ether oxygens (including phenoxy) is 1. The lowest BCUT2D eigenvalue weighted by molar-refractivity contribution is 0.0707. The van der Waals surface area contributed by atoms with E-state index in [9.17, 15) is 4.79 Å². The highest BCUT2D eigenvalue weighted by Crippen LogP contribution is 2.27. The Morgan fingerprint density at radius 3 is 2.73 bits per heavy atom. The summed E-state index contributed by atoms with van der Waals surface area (Å²) in [4.78, 5) is 14.7. The number of carbonyl (C=O) groups excluding carboxylic acids is 1. The Morgan fingerprint density at radius 2 is 1.95 bits per heavy atom. The maximum atomic E-state index is 12.7. The Bertz CT molecular complexity index is 639. The van der Waals surface area contributed by atoms with Crippen LogP contribution < -0.4 is 4.74 Å². The van der Waals surface area contributed by atoms with Crippen LogP contribution in [0.3, 0.4) is 0 Å². The standard InChI is InChI=1S/C19H21NO2/c1-22-18-11-5-9-16(13-18)19(21)20-12-6-10-17(14-20)15-7-3-2-4-8-15/h2-5,7-9,11,13,17H,6,10,12,14H2,1H3/t17-/m1/s1. The van der Waals surface area contributed by atoms with Crippen molar-refractivity contribution in [3.63, 3.8) is 0 Å². The van der Waals surface area contributed by atoms with Crippen molar-refractivity contribution >= 4 is 5.91 Å². The molecule has 22 heavy (non-hydrogen) atoms. The quantitative estimate of drug-likeness (QED) is 0.864. The van der Waals surface area contributed by atoms with Crippen molar-refractivity contribution in [3.05, 3.63) is 65.7 Å². The van der Waals surface area contributed by atoms with E-state index in [1.165, 1.54) is 5.56 Å². The molecule has 0 bridgehead atoms. The van der Waals surface area contributed by atoms with Gasteiger partial charge in [0.15, 0.2) is 0 Å². The van der Waals surface area contributed by atoms with Crippen molar-refractivity contribution in [1.82, 2.24) is 4.90 Å². The molecule has 0 saturated carbocycles. The van der Waals surface area contributed by atoms with Crippen LogP contribution in [0.1, 0.15) is 34.7 Å². The summed E-state index contributed by atoms with van der Waals surface area (Å²) >= 11 is 0. The molecular weight excluding hydrogens is 274 g/mol. The van der Waals surface area contributed by atoms with E-state index < -0.39 is 0 Å². The van der Waals surface area contributed by atoms with Crippen molar-refractivity contribution in [3.8, 4) is 5.75 Å². The first-order valence-electron chi connectivity index (χ1n) is 7.76. The van der Waals surface area contributed by atoms with Crippen LogP contribution in [0.15, 0.2) is 54.6 Å². The normalized spacial score (nSPS) is 18.0. The van der Waals surface area contributed by atoms with E-state index in [4.69, 9.17) is 4.74 Å². The molecule has 3 heteroatoms. The van der Waals surface area contributed by atoms with Crippen LogP contribution in [0.2, 0.25) is 0 Å². The number of methoxy groups -OCH3 is 1. The molecule has 1 fully saturated rings. The molecule has 2 aromatic carbocycles. The van der Waals surface area contributed by atoms with Crippen LogP contribution >= 0.6 is 0 Å². The second kappa shape index (κ2) is 6.65. The van der Waals surface area contributed by atoms with Gasteiger partial charge in [0.2, 0.25) is 0 Å². The second-order valence-corrected chi connectivity index (χ2v) is 5.73. The zero-order valence-corrected chi connectivity index (χ0v) is 12.9. The largest absolute Gasteiger partial charge is 0.497 e. The van der Waals surface area contributed by atoms with Gasteiger partial charge in [0.05, 0.1) is 7.11 Å². The minimum absolute atomic E-state index is 0.0968. The monoisotopic (exact) mass is 295 g/mol. The molecule has 1 aliphatic rings. The molecule has 1 saturated heterocycles. The summed E-state index contributed by atoms with van der Waals surface area (Å²) in [5, 5.41) is 0. The molecule has 0 N–H and O–H groups in total. The fraction of sp³-hybridized carbons (Fsp3) is 0.316. The second-order valence-electron chi connectivity index (χ2n) is 5.73. The van der Waals surface area contributed by atoms with E-state index in [1.807, 2.05) is 35.2 Å². The van der Waals surface area contributed by atoms with Gasteiger partial charge in [-0.25, -0.2) is 0 Å². The van der Waals surface area contributed by atoms with Crippen molar-refractivity contribution in [2.45, 2.75) is 18.8 Å². The number of piperidine rings is 1. The van der Waals surface area contributed by atoms with E-state index >= 15 is 0 Å². The first-order chi connectivity index (χ1) is 10.8. The summed E-state index contributed by atoms with van der Waals surface area (Å²) in [7, 11) is 1.62. The maximum absolute atomic E-state index is 12.7. The number of likely N-dealkylation sites (tertiary alicyclic amines) is 1. The van der Waals surface area contributed by atoms with Crippen molar-refractivity contribution in [2.24, 2.45) is 0 Å². The number of rotatable bonds is 3. The summed E-state index contributed by atoms with van der Waals surface area (Å²) in [6.07, 6.45) is 2.20. The lowest BCUT2D eigenvalue weighted by Gasteiger charge is -2.33. The summed E-state index contributed by atoms with van der Waals surface area (Å²) < 4.78 is 5.21. The van der Waals surface area contributed by atoms with E-state index in [-0.39, 0.29) is 5.91 Å². The molecule has 1 heterocycles. The molecule has 0 spiro atoms. The molecule has 1 aliphatic heterocycles. The van der Waals surface area contributed by atoms with E-state index in [0.717, 1.165) is 31.7 Å². The lowest BCUT2D eigenvalue weighted by atomic mass is 9.90. The Labute approximate surface area is 131 Å². The molecule has 2 aromatic rings. The van der Waals surface area contributed by atoms with Gasteiger partial charge in [-0.2, -0.15) is 0 Å². The third-order valence-electron chi connectivity index (χ3n) is 4.30. The predicted molar refractivity (Wildman–Crippen MR) is 87.3 cm³/mol. The van der Waals surface area contributed by atoms with Gasteiger partial charge in [0, 0.05) is 24.6 Å². The highest BCUT2D eigenvalue weighted by Gasteiger charge is 2.25. The molecule has 0 aliphatic carbocycles. The van der Waals surface area contributed by atoms with Crippen LogP contribution in [0.25, 0.3) is 0 Å². The third kappa shape index (κ3) is 3.14. The van der Waals surface area contributed by atoms with Gasteiger partial charge in [-0.15, -0.1) is 0 Å². The number of hydrogen-bond acceptors (Lipinski definition) is 2. The lowest BCUT2D eigenvalue weighted by Crippen LogP contribution is -2.39. The molecule has 0 aromatic heterocycles. The highest BCUT2D eigenvalue weighted by molar-refractivity contribution is 5.94. The van der Waals surface area contributed by atoms with Gasteiger partial charge in [-0.05, 0) is 36.6 Å². The highest BCUT2D eigenvalue weighted by atomic mass is 16.5. The summed E-state index contributed by atoms with van der Waals surface area (Å²) in [5.74, 6) is 1.26. The molecule has 1 amide bonds. The Balaban J connectivity index is 1.75. The van der Waals surface area contributed by atoms with Gasteiger partial charge >= 0.3 is 0 Å². The summed E-state index contributed by atoms with van der Waals surface area (Å²) in [6.45, 7) is 1.62. The molecule has 0 unspecified atom stereocenters. The molecular formula is C19H21NO2. The first-order valence-corrected chi connectivity index (χ1v) is 7.76. The zero-order valence-electron chi connectivity index (χ0n) is 12.9. The number of nitrogens with zero attached hydrogens (tertiary/aromatic N) is 1. The van der Waals surface area contributed by atoms with E-state index in [2.05, 4.69) is 24.3 Å². The fourth-order valence-corrected chi connectivity index (χ4v) is 3.10. The summed E-state index contributed by atoms with van der Waals surface area (Å²) in [6, 6.07) is 17.9. The minimum Gasteiger partial charge on any atom is -0.497 e. The Morgan fingerprint density at radius 1 is 1.14 bits per heavy atom. The predicted octanol–water partition coefficient (Wildman–Crippen LogP) is 3.72. The van der Waals surface area contributed by atoms with Gasteiger partial charge in [0.1, 0.15) is 5.75 Å². The molecule has 0 radical (unpaired) electrons. The molecule has 1 atom stereocenters. The van der Waals surface area contributed by atoms with E-state index in [0.29, 0.717) is 11.5 Å². The van der Waals surface area contributed by atoms with Crippen LogP contribution in [0.4, 0.5) is 0 Å². The average Bonchev–Trinajstić information content (AvgIpc) is 2.62. The molecule has 3 nitrogen and oxygen atoms in total. The topological polar surface area (TPSA) is 29.5 Å². The van der Waals surface area contributed by atoms with Crippen molar-refractivity contribution in [1.29, 1.82) is 0 Å². The minimum atomic E-state index is 0.0968. The van der Waals surface area contributed by atoms with Crippen molar-refractivity contribution < 1.29 is 9.53 Å². The van der Waals surface area contributed by atoms with Crippen LogP contribution in [-0.2, 0) is 0 Å². The van der Waals surface area contributed by atoms with Gasteiger partial charge in [-0.1, -0.05) is 36.4 Å². The van der Waals surface area contributed by atoms with Crippen LogP contribution in [0.5, 0.6) is 5.75 Å². The fourth-order valence-electron chi connectivity index (χ4n) is 3.10.